The molecule has 398 valence electrons. The Morgan fingerprint density at radius 2 is 0.849 bits per heavy atom. The van der Waals surface area contributed by atoms with E-state index in [4.69, 9.17) is 36.9 Å². The van der Waals surface area contributed by atoms with Crippen LogP contribution in [0.25, 0.3) is 0 Å². The van der Waals surface area contributed by atoms with E-state index in [9.17, 15) is 33.6 Å². The van der Waals surface area contributed by atoms with Gasteiger partial charge in [0.15, 0.2) is 0 Å². The summed E-state index contributed by atoms with van der Waals surface area (Å²) in [5, 5.41) is 32.9. The number of rotatable bonds is 13. The average Bonchev–Trinajstić information content (AvgIpc) is 3.40. The maximum Gasteiger partial charge on any atom is 0.410 e. The summed E-state index contributed by atoms with van der Waals surface area (Å²) in [4.78, 5) is 94.1. The fourth-order valence-corrected chi connectivity index (χ4v) is 9.62. The fourth-order valence-electron chi connectivity index (χ4n) is 9.62. The van der Waals surface area contributed by atoms with Crippen LogP contribution in [0.2, 0.25) is 0 Å². The minimum Gasteiger partial charge on any atom is -0.465 e. The van der Waals surface area contributed by atoms with Crippen molar-refractivity contribution in [2.75, 3.05) is 91.6 Å². The molecular formula is C51H74N12O10. The number of amides is 7. The molecule has 22 heteroatoms. The summed E-state index contributed by atoms with van der Waals surface area (Å²) in [7, 11) is 0. The van der Waals surface area contributed by atoms with Crippen LogP contribution >= 0.6 is 0 Å². The summed E-state index contributed by atoms with van der Waals surface area (Å²) >= 11 is 0. The molecule has 7 amide bonds. The molecule has 2 aromatic carbocycles. The molecule has 4 heterocycles. The Bertz CT molecular complexity index is 2090. The summed E-state index contributed by atoms with van der Waals surface area (Å²) in [6.07, 6.45) is 6.25. The Hall–Kier alpha value is -6.97. The maximum atomic E-state index is 13.0. The molecule has 5 aliphatic rings. The van der Waals surface area contributed by atoms with Crippen molar-refractivity contribution in [3.05, 3.63) is 70.8 Å². The number of nitrogens with one attached hydrogen (secondary N) is 5. The van der Waals surface area contributed by atoms with E-state index < -0.39 is 6.09 Å². The summed E-state index contributed by atoms with van der Waals surface area (Å²) in [6.45, 7) is 7.90. The van der Waals surface area contributed by atoms with E-state index in [1.807, 2.05) is 0 Å². The summed E-state index contributed by atoms with van der Waals surface area (Å²) in [5.74, 6) is 0.0775. The zero-order valence-electron chi connectivity index (χ0n) is 41.8. The number of carboxylic acid groups (broad SMARTS) is 1. The molecule has 4 aliphatic heterocycles. The van der Waals surface area contributed by atoms with Crippen LogP contribution in [0.4, 0.5) is 14.4 Å². The lowest BCUT2D eigenvalue weighted by atomic mass is 9.96. The average molecular weight is 1020 g/mol. The van der Waals surface area contributed by atoms with Crippen molar-refractivity contribution < 1.29 is 48.1 Å². The summed E-state index contributed by atoms with van der Waals surface area (Å²) in [6, 6.07) is 13.3. The van der Waals surface area contributed by atoms with Crippen LogP contribution in [0.1, 0.15) is 109 Å². The number of carbonyl (C=O) groups excluding carboxylic acids is 6. The normalized spacial score (nSPS) is 20.0. The minimum atomic E-state index is -0.948. The van der Waals surface area contributed by atoms with Gasteiger partial charge in [0, 0.05) is 127 Å². The van der Waals surface area contributed by atoms with Crippen LogP contribution in [0.5, 0.6) is 0 Å². The molecule has 10 N–H and O–H groups in total. The molecule has 0 radical (unpaired) electrons. The molecule has 1 saturated carbocycles. The number of nitrogen functional groups attached to an aromatic ring is 2. The van der Waals surface area contributed by atoms with Gasteiger partial charge in [-0.1, -0.05) is 24.3 Å². The fraction of sp³-hybridized carbons (Fsp3) is 0.588. The lowest BCUT2D eigenvalue weighted by Gasteiger charge is -2.34. The highest BCUT2D eigenvalue weighted by Crippen LogP contribution is 2.26. The third-order valence-electron chi connectivity index (χ3n) is 14.3. The first kappa shape index (κ1) is 55.3. The highest BCUT2D eigenvalue weighted by molar-refractivity contribution is 5.99. The van der Waals surface area contributed by atoms with Gasteiger partial charge < -0.3 is 66.5 Å². The van der Waals surface area contributed by atoms with Crippen molar-refractivity contribution in [1.29, 1.82) is 10.8 Å². The van der Waals surface area contributed by atoms with Gasteiger partial charge in [0.05, 0.1) is 0 Å². The number of likely N-dealkylation sites (tertiary alicyclic amines) is 2. The molecule has 5 fully saturated rings. The van der Waals surface area contributed by atoms with Gasteiger partial charge in [-0.2, -0.15) is 0 Å². The first-order valence-corrected chi connectivity index (χ1v) is 25.7. The maximum absolute atomic E-state index is 13.0. The molecule has 0 unspecified atom stereocenters. The zero-order chi connectivity index (χ0) is 52.3. The predicted molar refractivity (Wildman–Crippen MR) is 271 cm³/mol. The lowest BCUT2D eigenvalue weighted by Crippen LogP contribution is -2.50. The van der Waals surface area contributed by atoms with Crippen molar-refractivity contribution >= 4 is 53.6 Å². The zero-order valence-corrected chi connectivity index (χ0v) is 41.8. The Morgan fingerprint density at radius 3 is 1.21 bits per heavy atom. The number of nitrogens with two attached hydrogens (primary N) is 2. The number of piperidine rings is 2. The number of ether oxygens (including phenoxy) is 2. The van der Waals surface area contributed by atoms with Gasteiger partial charge in [0.1, 0.15) is 23.9 Å². The number of carbonyl (C=O) groups is 7. The quantitative estimate of drug-likeness (QED) is 0.106. The van der Waals surface area contributed by atoms with Crippen LogP contribution in [0.3, 0.4) is 0 Å². The largest absolute Gasteiger partial charge is 0.465 e. The molecule has 7 rings (SSSR count). The smallest absolute Gasteiger partial charge is 0.410 e. The topological polar surface area (TPSA) is 310 Å². The Labute approximate surface area is 426 Å². The van der Waals surface area contributed by atoms with Gasteiger partial charge in [-0.05, 0) is 100 Å². The van der Waals surface area contributed by atoms with Gasteiger partial charge in [-0.3, -0.25) is 30.0 Å². The number of nitrogens with zero attached hydrogens (tertiary/aromatic N) is 5. The van der Waals surface area contributed by atoms with Crippen molar-refractivity contribution in [3.63, 3.8) is 0 Å². The molecule has 4 saturated heterocycles. The lowest BCUT2D eigenvalue weighted by molar-refractivity contribution is -0.138. The monoisotopic (exact) mass is 1010 g/mol. The van der Waals surface area contributed by atoms with Gasteiger partial charge >= 0.3 is 18.3 Å². The van der Waals surface area contributed by atoms with Crippen molar-refractivity contribution in [2.45, 2.75) is 89.3 Å². The molecule has 22 nitrogen and oxygen atoms in total. The van der Waals surface area contributed by atoms with Crippen LogP contribution in [-0.4, -0.2) is 187 Å². The second-order valence-corrected chi connectivity index (χ2v) is 19.4. The number of hydrogen-bond donors (Lipinski definition) is 8. The van der Waals surface area contributed by atoms with E-state index in [0.29, 0.717) is 101 Å². The van der Waals surface area contributed by atoms with Gasteiger partial charge in [-0.25, -0.2) is 14.4 Å². The number of amidine groups is 2. The highest BCUT2D eigenvalue weighted by Gasteiger charge is 2.30. The third kappa shape index (κ3) is 17.3. The van der Waals surface area contributed by atoms with Crippen LogP contribution in [-0.2, 0) is 19.1 Å². The molecule has 2 aromatic rings. The minimum absolute atomic E-state index is 0.0222. The molecule has 1 aliphatic carbocycles. The summed E-state index contributed by atoms with van der Waals surface area (Å²) in [5.41, 5.74) is 13.1. The van der Waals surface area contributed by atoms with E-state index in [0.717, 1.165) is 77.3 Å². The SMILES string of the molecule is N=C(N)c1ccc(C(=O)NCC2CCN(C(=O)O[C@H]3CCC[C@@H](OC(=O)N4CCC(CNC(=O)c5ccc(C(=N)N)cc5)CC4)CCC3)CC2)cc1.O=C(O)N1CCN(C(=O)CCC(=O)N2CCNCC2)CC1. The van der Waals surface area contributed by atoms with Crippen molar-refractivity contribution in [3.8, 4) is 0 Å². The second-order valence-electron chi connectivity index (χ2n) is 19.4. The van der Waals surface area contributed by atoms with E-state index in [1.54, 1.807) is 68.1 Å². The van der Waals surface area contributed by atoms with Crippen LogP contribution < -0.4 is 27.4 Å². The molecule has 0 aromatic heterocycles. The van der Waals surface area contributed by atoms with Crippen LogP contribution in [0, 0.1) is 22.7 Å². The summed E-state index contributed by atoms with van der Waals surface area (Å²) < 4.78 is 11.8. The molecule has 73 heavy (non-hydrogen) atoms. The van der Waals surface area contributed by atoms with Gasteiger partial charge in [0.25, 0.3) is 11.8 Å². The van der Waals surface area contributed by atoms with E-state index in [1.165, 1.54) is 4.90 Å². The predicted octanol–water partition coefficient (Wildman–Crippen LogP) is 3.22. The number of benzene rings is 2. The number of hydrogen-bond acceptors (Lipinski definition) is 12. The van der Waals surface area contributed by atoms with Crippen LogP contribution in [0.15, 0.2) is 48.5 Å². The van der Waals surface area contributed by atoms with Crippen molar-refractivity contribution in [1.82, 2.24) is 40.4 Å². The first-order chi connectivity index (χ1) is 35.1. The standard InChI is InChI=1S/C38H52N8O6.C13H22N4O4/c39-33(40)27-7-11-29(12-8-27)35(47)43-23-25-15-19-45(20-16-25)37(49)51-31-3-1-4-32(6-2-5-31)52-38(50)46-21-17-26(18-22-46)24-44-36(48)30-13-9-28(10-14-30)34(41)42;18-11(15-5-3-14-4-6-15)1-2-12(19)16-7-9-17(10-8-16)13(20)21/h7-14,25-26,31-32H,1-6,15-24H2,(H3,39,40)(H3,41,42)(H,43,47)(H,44,48);14H,1-10H2,(H,20,21)/t31-,32+;. The van der Waals surface area contributed by atoms with E-state index in [-0.39, 0.29) is 84.4 Å². The van der Waals surface area contributed by atoms with Gasteiger partial charge in [0.2, 0.25) is 11.8 Å². The molecule has 0 atom stereocenters. The first-order valence-electron chi connectivity index (χ1n) is 25.7. The Balaban J connectivity index is 0.000000344. The van der Waals surface area contributed by atoms with E-state index in [2.05, 4.69) is 16.0 Å². The molecule has 0 bridgehead atoms. The molecule has 0 spiro atoms. The number of piperazine rings is 2. The van der Waals surface area contributed by atoms with Crippen molar-refractivity contribution in [2.24, 2.45) is 23.3 Å². The Kier molecular flexibility index (Phi) is 21.0. The third-order valence-corrected chi connectivity index (χ3v) is 14.3. The highest BCUT2D eigenvalue weighted by atomic mass is 16.6. The second kappa shape index (κ2) is 27.7. The van der Waals surface area contributed by atoms with Gasteiger partial charge in [-0.15, -0.1) is 0 Å². The Morgan fingerprint density at radius 1 is 0.507 bits per heavy atom. The molecular weight excluding hydrogens is 941 g/mol. The van der Waals surface area contributed by atoms with E-state index >= 15 is 0 Å².